The van der Waals surface area contributed by atoms with Crippen molar-refractivity contribution in [1.29, 1.82) is 0 Å². The quantitative estimate of drug-likeness (QED) is 0.628. The van der Waals surface area contributed by atoms with Crippen molar-refractivity contribution in [2.45, 2.75) is 19.3 Å². The van der Waals surface area contributed by atoms with Crippen molar-refractivity contribution < 1.29 is 19.1 Å². The number of rotatable bonds is 2. The topological polar surface area (TPSA) is 57.5 Å². The van der Waals surface area contributed by atoms with Gasteiger partial charge in [-0.1, -0.05) is 23.7 Å². The van der Waals surface area contributed by atoms with E-state index in [4.69, 9.17) is 21.1 Å². The molecule has 132 valence electrons. The minimum absolute atomic E-state index is 0.150. The summed E-state index contributed by atoms with van der Waals surface area (Å²) in [5.41, 5.74) is 2.19. The summed E-state index contributed by atoms with van der Waals surface area (Å²) in [6.07, 6.45) is 0.150. The van der Waals surface area contributed by atoms with E-state index < -0.39 is 0 Å². The van der Waals surface area contributed by atoms with Crippen LogP contribution in [0.4, 0.5) is 0 Å². The fourth-order valence-corrected chi connectivity index (χ4v) is 3.73. The van der Waals surface area contributed by atoms with Crippen molar-refractivity contribution in [3.63, 3.8) is 0 Å². The van der Waals surface area contributed by atoms with Crippen LogP contribution in [0.3, 0.4) is 0 Å². The number of nitrogens with zero attached hydrogens (tertiary/aromatic N) is 1. The van der Waals surface area contributed by atoms with Gasteiger partial charge in [0, 0.05) is 23.3 Å². The Morgan fingerprint density at radius 3 is 2.81 bits per heavy atom. The number of ether oxygens (including phenoxy) is 2. The molecule has 4 rings (SSSR count). The van der Waals surface area contributed by atoms with Crippen LogP contribution in [-0.2, 0) is 4.79 Å². The predicted molar refractivity (Wildman–Crippen MR) is 98.3 cm³/mol. The highest BCUT2D eigenvalue weighted by molar-refractivity contribution is 6.31. The molecule has 1 aliphatic heterocycles. The fraction of sp³-hybridized carbons (Fsp3) is 0.200. The lowest BCUT2D eigenvalue weighted by Gasteiger charge is -2.24. The van der Waals surface area contributed by atoms with E-state index in [0.717, 1.165) is 5.56 Å². The van der Waals surface area contributed by atoms with Crippen molar-refractivity contribution in [1.82, 2.24) is 4.57 Å². The first kappa shape index (κ1) is 16.7. The van der Waals surface area contributed by atoms with Gasteiger partial charge in [-0.2, -0.15) is 0 Å². The third-order valence-corrected chi connectivity index (χ3v) is 4.88. The first-order chi connectivity index (χ1) is 12.5. The molecule has 0 N–H and O–H groups in total. The summed E-state index contributed by atoms with van der Waals surface area (Å²) in [5, 5.41) is 1.21. The monoisotopic (exact) mass is 369 g/mol. The Bertz CT molecular complexity index is 1050. The lowest BCUT2D eigenvalue weighted by molar-refractivity contribution is -0.135. The largest absolute Gasteiger partial charge is 0.497 e. The molecule has 0 bridgehead atoms. The normalized spacial score (nSPS) is 16.3. The second-order valence-corrected chi connectivity index (χ2v) is 6.67. The summed E-state index contributed by atoms with van der Waals surface area (Å²) in [5.74, 6) is 0.316. The van der Waals surface area contributed by atoms with Crippen LogP contribution in [0, 0.1) is 0 Å². The highest BCUT2D eigenvalue weighted by Gasteiger charge is 2.35. The molecule has 0 saturated heterocycles. The number of methoxy groups -OCH3 is 1. The molecule has 0 fully saturated rings. The average molecular weight is 370 g/mol. The summed E-state index contributed by atoms with van der Waals surface area (Å²) in [4.78, 5) is 24.7. The molecule has 0 spiro atoms. The van der Waals surface area contributed by atoms with Gasteiger partial charge in [0.1, 0.15) is 5.75 Å². The van der Waals surface area contributed by atoms with E-state index in [2.05, 4.69) is 0 Å². The van der Waals surface area contributed by atoms with Gasteiger partial charge in [0.05, 0.1) is 24.7 Å². The van der Waals surface area contributed by atoms with Crippen molar-refractivity contribution in [3.05, 3.63) is 58.7 Å². The molecule has 1 aliphatic rings. The van der Waals surface area contributed by atoms with E-state index in [9.17, 15) is 9.59 Å². The second kappa shape index (κ2) is 6.18. The number of halogens is 1. The van der Waals surface area contributed by atoms with Crippen molar-refractivity contribution in [2.24, 2.45) is 0 Å². The van der Waals surface area contributed by atoms with Gasteiger partial charge in [-0.3, -0.25) is 14.2 Å². The molecular weight excluding hydrogens is 354 g/mol. The first-order valence-electron chi connectivity index (χ1n) is 8.19. The minimum atomic E-state index is -0.331. The van der Waals surface area contributed by atoms with Crippen LogP contribution >= 0.6 is 11.6 Å². The third-order valence-electron chi connectivity index (χ3n) is 4.65. The van der Waals surface area contributed by atoms with Gasteiger partial charge in [0.25, 0.3) is 0 Å². The molecular formula is C20H16ClNO4. The maximum Gasteiger partial charge on any atom is 0.312 e. The van der Waals surface area contributed by atoms with E-state index in [1.165, 1.54) is 6.92 Å². The number of carbonyl (C=O) groups excluding carboxylic acids is 2. The first-order valence-corrected chi connectivity index (χ1v) is 8.57. The number of fused-ring (bicyclic) bond motifs is 3. The van der Waals surface area contributed by atoms with Gasteiger partial charge in [-0.25, -0.2) is 0 Å². The van der Waals surface area contributed by atoms with E-state index in [-0.39, 0.29) is 24.2 Å². The van der Waals surface area contributed by atoms with Crippen LogP contribution in [0.15, 0.2) is 42.5 Å². The highest BCUT2D eigenvalue weighted by atomic mass is 35.5. The Kier molecular flexibility index (Phi) is 3.96. The van der Waals surface area contributed by atoms with Gasteiger partial charge in [0.2, 0.25) is 5.91 Å². The lowest BCUT2D eigenvalue weighted by Crippen LogP contribution is -2.24. The summed E-state index contributed by atoms with van der Waals surface area (Å²) < 4.78 is 12.4. The predicted octanol–water partition coefficient (Wildman–Crippen LogP) is 4.40. The molecule has 1 unspecified atom stereocenters. The van der Waals surface area contributed by atoms with Gasteiger partial charge in [0.15, 0.2) is 5.75 Å². The Morgan fingerprint density at radius 1 is 1.27 bits per heavy atom. The lowest BCUT2D eigenvalue weighted by atomic mass is 9.90. The maximum absolute atomic E-state index is 12.4. The van der Waals surface area contributed by atoms with Crippen LogP contribution in [0.1, 0.15) is 35.3 Å². The number of carbonyl (C=O) groups is 2. The van der Waals surface area contributed by atoms with Crippen LogP contribution in [0.5, 0.6) is 11.5 Å². The highest BCUT2D eigenvalue weighted by Crippen LogP contribution is 2.45. The van der Waals surface area contributed by atoms with Crippen LogP contribution < -0.4 is 9.47 Å². The average Bonchev–Trinajstić information content (AvgIpc) is 2.94. The van der Waals surface area contributed by atoms with Crippen LogP contribution in [-0.4, -0.2) is 23.6 Å². The summed E-state index contributed by atoms with van der Waals surface area (Å²) in [7, 11) is 1.59. The molecule has 3 aromatic rings. The molecule has 5 nitrogen and oxygen atoms in total. The Labute approximate surface area is 155 Å². The molecule has 6 heteroatoms. The Hall–Kier alpha value is -2.79. The Balaban J connectivity index is 2.03. The molecule has 1 aromatic heterocycles. The van der Waals surface area contributed by atoms with Crippen molar-refractivity contribution in [3.8, 4) is 11.5 Å². The van der Waals surface area contributed by atoms with Gasteiger partial charge in [-0.15, -0.1) is 0 Å². The number of esters is 1. The smallest absolute Gasteiger partial charge is 0.312 e. The minimum Gasteiger partial charge on any atom is -0.497 e. The molecule has 0 aliphatic carbocycles. The zero-order valence-electron chi connectivity index (χ0n) is 14.3. The number of hydrogen-bond donors (Lipinski definition) is 0. The summed E-state index contributed by atoms with van der Waals surface area (Å²) in [6, 6.07) is 12.7. The molecule has 1 atom stereocenters. The van der Waals surface area contributed by atoms with Crippen LogP contribution in [0.25, 0.3) is 10.9 Å². The zero-order chi connectivity index (χ0) is 18.4. The van der Waals surface area contributed by atoms with Gasteiger partial charge in [-0.05, 0) is 35.9 Å². The van der Waals surface area contributed by atoms with E-state index in [0.29, 0.717) is 33.1 Å². The molecule has 0 amide bonds. The van der Waals surface area contributed by atoms with E-state index in [1.54, 1.807) is 29.9 Å². The number of benzene rings is 2. The van der Waals surface area contributed by atoms with Crippen molar-refractivity contribution in [2.75, 3.05) is 7.11 Å². The van der Waals surface area contributed by atoms with E-state index in [1.807, 2.05) is 24.3 Å². The SMILES string of the molecule is COc1cccc(C2CC(=O)Oc3c2n(C(C)=O)c2cc(Cl)ccc32)c1. The Morgan fingerprint density at radius 2 is 2.08 bits per heavy atom. The maximum atomic E-state index is 12.4. The molecule has 2 aromatic carbocycles. The number of aromatic nitrogens is 1. The second-order valence-electron chi connectivity index (χ2n) is 6.24. The van der Waals surface area contributed by atoms with E-state index >= 15 is 0 Å². The molecule has 26 heavy (non-hydrogen) atoms. The van der Waals surface area contributed by atoms with Crippen molar-refractivity contribution >= 4 is 34.4 Å². The summed E-state index contributed by atoms with van der Waals surface area (Å²) in [6.45, 7) is 1.49. The third kappa shape index (κ3) is 2.56. The summed E-state index contributed by atoms with van der Waals surface area (Å²) >= 11 is 6.13. The molecule has 0 radical (unpaired) electrons. The zero-order valence-corrected chi connectivity index (χ0v) is 15.0. The van der Waals surface area contributed by atoms with Gasteiger partial charge >= 0.3 is 5.97 Å². The fourth-order valence-electron chi connectivity index (χ4n) is 3.56. The molecule has 2 heterocycles. The van der Waals surface area contributed by atoms with Gasteiger partial charge < -0.3 is 9.47 Å². The number of hydrogen-bond acceptors (Lipinski definition) is 4. The molecule has 0 saturated carbocycles. The standard InChI is InChI=1S/C20H16ClNO4/c1-11(23)22-17-9-13(21)6-7-15(17)20-19(22)16(10-18(24)26-20)12-4-3-5-14(8-12)25-2/h3-9,16H,10H2,1-2H3. The van der Waals surface area contributed by atoms with Crippen LogP contribution in [0.2, 0.25) is 5.02 Å².